The minimum absolute atomic E-state index is 0.201. The fourth-order valence-electron chi connectivity index (χ4n) is 12.7. The third kappa shape index (κ3) is 3.75. The molecule has 5 aliphatic carbocycles. The smallest absolute Gasteiger partial charge is 0.309 e. The molecule has 5 saturated carbocycles. The van der Waals surface area contributed by atoms with Crippen LogP contribution in [0.25, 0.3) is 0 Å². The summed E-state index contributed by atoms with van der Waals surface area (Å²) in [5.41, 5.74) is 9.02. The Bertz CT molecular complexity index is 1120. The Morgan fingerprint density at radius 3 is 2.23 bits per heavy atom. The average molecular weight is 549 g/mol. The first kappa shape index (κ1) is 28.6. The molecule has 0 aliphatic heterocycles. The van der Waals surface area contributed by atoms with Crippen LogP contribution in [0.3, 0.4) is 0 Å². The SMILES string of the molecule is CC(C)C1CCC2(C(=O)O)CC[C@]3(C)[C@H](CCC4[C@@]5(C)CCC(NNc6ccccc6)C(C)(C)[C@@H]5CC[C@]43C)C12. The number of hydrazine groups is 1. The highest BCUT2D eigenvalue weighted by Crippen LogP contribution is 2.77. The second-order valence-electron chi connectivity index (χ2n) is 16.7. The number of hydrogen-bond donors (Lipinski definition) is 3. The second-order valence-corrected chi connectivity index (χ2v) is 16.7. The molecule has 0 aromatic heterocycles. The molecule has 5 fully saturated rings. The molecule has 0 spiro atoms. The molecular formula is C36H56N2O2. The molecule has 5 unspecified atom stereocenters. The van der Waals surface area contributed by atoms with E-state index in [0.29, 0.717) is 41.0 Å². The van der Waals surface area contributed by atoms with Gasteiger partial charge in [0.15, 0.2) is 0 Å². The van der Waals surface area contributed by atoms with E-state index in [4.69, 9.17) is 0 Å². The van der Waals surface area contributed by atoms with E-state index in [2.05, 4.69) is 89.6 Å². The molecule has 4 heteroatoms. The van der Waals surface area contributed by atoms with Crippen LogP contribution < -0.4 is 10.9 Å². The Balaban J connectivity index is 1.29. The minimum atomic E-state index is -0.484. The van der Waals surface area contributed by atoms with Crippen molar-refractivity contribution in [2.45, 2.75) is 119 Å². The lowest BCUT2D eigenvalue weighted by molar-refractivity contribution is -0.242. The van der Waals surface area contributed by atoms with E-state index in [0.717, 1.165) is 37.3 Å². The van der Waals surface area contributed by atoms with E-state index >= 15 is 0 Å². The summed E-state index contributed by atoms with van der Waals surface area (Å²) in [6.45, 7) is 17.8. The van der Waals surface area contributed by atoms with Gasteiger partial charge in [-0.05, 0) is 134 Å². The standard InChI is InChI=1S/C36H56N2O2/c1-23(2)25-15-20-36(31(39)40)22-21-34(6)26(30(25)36)13-14-28-33(5)18-17-29(38-37-24-11-9-8-10-12-24)32(3,4)27(33)16-19-35(28,34)7/h8-12,23,25-30,37-38H,13-22H2,1-7H3,(H,39,40)/t25?,26-,27+,28?,29?,30?,33+,34-,35-,36?/m1/s1. The average Bonchev–Trinajstić information content (AvgIpc) is 3.31. The molecule has 4 nitrogen and oxygen atoms in total. The zero-order chi connectivity index (χ0) is 28.7. The maximum Gasteiger partial charge on any atom is 0.309 e. The quantitative estimate of drug-likeness (QED) is 0.322. The van der Waals surface area contributed by atoms with Gasteiger partial charge in [-0.2, -0.15) is 0 Å². The number of benzene rings is 1. The highest BCUT2D eigenvalue weighted by Gasteiger charge is 2.72. The first-order valence-electron chi connectivity index (χ1n) is 16.6. The summed E-state index contributed by atoms with van der Waals surface area (Å²) < 4.78 is 0. The first-order chi connectivity index (χ1) is 18.8. The number of carbonyl (C=O) groups is 1. The van der Waals surface area contributed by atoms with E-state index in [1.165, 1.54) is 38.5 Å². The summed E-state index contributed by atoms with van der Waals surface area (Å²) in [6.07, 6.45) is 11.6. The number of aliphatic carboxylic acids is 1. The fraction of sp³-hybridized carbons (Fsp3) is 0.806. The van der Waals surface area contributed by atoms with Gasteiger partial charge in [-0.1, -0.05) is 66.7 Å². The molecule has 1 aromatic rings. The molecule has 6 rings (SSSR count). The van der Waals surface area contributed by atoms with Crippen molar-refractivity contribution >= 4 is 11.7 Å². The van der Waals surface area contributed by atoms with Crippen LogP contribution in [0.5, 0.6) is 0 Å². The lowest BCUT2D eigenvalue weighted by atomic mass is 9.32. The number of fused-ring (bicyclic) bond motifs is 7. The van der Waals surface area contributed by atoms with Gasteiger partial charge in [0.2, 0.25) is 0 Å². The van der Waals surface area contributed by atoms with Crippen molar-refractivity contribution in [2.24, 2.45) is 62.6 Å². The summed E-state index contributed by atoms with van der Waals surface area (Å²) >= 11 is 0. The number of hydrogen-bond acceptors (Lipinski definition) is 3. The number of rotatable bonds is 5. The second kappa shape index (κ2) is 9.48. The molecular weight excluding hydrogens is 492 g/mol. The number of nitrogens with one attached hydrogen (secondary N) is 2. The Labute approximate surface area is 243 Å². The van der Waals surface area contributed by atoms with Crippen LogP contribution >= 0.6 is 0 Å². The third-order valence-corrected chi connectivity index (χ3v) is 15.0. The first-order valence-corrected chi connectivity index (χ1v) is 16.6. The van der Waals surface area contributed by atoms with E-state index < -0.39 is 11.4 Å². The molecule has 222 valence electrons. The van der Waals surface area contributed by atoms with Crippen LogP contribution in [0.4, 0.5) is 5.69 Å². The van der Waals surface area contributed by atoms with Crippen molar-refractivity contribution in [1.82, 2.24) is 5.43 Å². The highest BCUT2D eigenvalue weighted by molar-refractivity contribution is 5.76. The largest absolute Gasteiger partial charge is 0.481 e. The van der Waals surface area contributed by atoms with Crippen molar-refractivity contribution in [2.75, 3.05) is 5.43 Å². The highest BCUT2D eigenvalue weighted by atomic mass is 16.4. The molecule has 1 aromatic carbocycles. The van der Waals surface area contributed by atoms with Crippen LogP contribution in [0.2, 0.25) is 0 Å². The van der Waals surface area contributed by atoms with Crippen LogP contribution in [0.1, 0.15) is 113 Å². The molecule has 0 radical (unpaired) electrons. The number of carboxylic acids is 1. The summed E-state index contributed by atoms with van der Waals surface area (Å²) in [5.74, 6) is 2.97. The van der Waals surface area contributed by atoms with Gasteiger partial charge in [-0.3, -0.25) is 4.79 Å². The lowest BCUT2D eigenvalue weighted by Gasteiger charge is -2.73. The normalized spacial score (nSPS) is 47.5. The van der Waals surface area contributed by atoms with Crippen molar-refractivity contribution in [3.8, 4) is 0 Å². The Morgan fingerprint density at radius 1 is 0.825 bits per heavy atom. The molecule has 0 heterocycles. The van der Waals surface area contributed by atoms with E-state index in [1.54, 1.807) is 0 Å². The monoisotopic (exact) mass is 548 g/mol. The number of para-hydroxylation sites is 1. The topological polar surface area (TPSA) is 61.4 Å². The molecule has 3 N–H and O–H groups in total. The Kier molecular flexibility index (Phi) is 6.77. The zero-order valence-electron chi connectivity index (χ0n) is 26.4. The van der Waals surface area contributed by atoms with E-state index in [-0.39, 0.29) is 16.2 Å². The zero-order valence-corrected chi connectivity index (χ0v) is 26.4. The molecule has 0 amide bonds. The van der Waals surface area contributed by atoms with Crippen LogP contribution in [0, 0.1) is 62.6 Å². The Morgan fingerprint density at radius 2 is 1.55 bits per heavy atom. The third-order valence-electron chi connectivity index (χ3n) is 15.0. The summed E-state index contributed by atoms with van der Waals surface area (Å²) in [4.78, 5) is 12.9. The van der Waals surface area contributed by atoms with E-state index in [9.17, 15) is 9.90 Å². The molecule has 40 heavy (non-hydrogen) atoms. The van der Waals surface area contributed by atoms with Gasteiger partial charge in [0.25, 0.3) is 0 Å². The van der Waals surface area contributed by atoms with Crippen LogP contribution in [-0.2, 0) is 4.79 Å². The fourth-order valence-corrected chi connectivity index (χ4v) is 12.7. The van der Waals surface area contributed by atoms with Crippen molar-refractivity contribution in [3.63, 3.8) is 0 Å². The molecule has 0 bridgehead atoms. The number of carboxylic acid groups (broad SMARTS) is 1. The van der Waals surface area contributed by atoms with Crippen molar-refractivity contribution in [1.29, 1.82) is 0 Å². The number of anilines is 1. The summed E-state index contributed by atoms with van der Waals surface area (Å²) in [7, 11) is 0. The molecule has 10 atom stereocenters. The van der Waals surface area contributed by atoms with Gasteiger partial charge in [-0.25, -0.2) is 5.43 Å². The van der Waals surface area contributed by atoms with Gasteiger partial charge in [0, 0.05) is 11.7 Å². The van der Waals surface area contributed by atoms with Gasteiger partial charge < -0.3 is 10.5 Å². The predicted molar refractivity (Wildman–Crippen MR) is 164 cm³/mol. The van der Waals surface area contributed by atoms with Crippen molar-refractivity contribution in [3.05, 3.63) is 30.3 Å². The van der Waals surface area contributed by atoms with Crippen molar-refractivity contribution < 1.29 is 9.90 Å². The maximum absolute atomic E-state index is 12.9. The minimum Gasteiger partial charge on any atom is -0.481 e. The lowest BCUT2D eigenvalue weighted by Crippen LogP contribution is -2.68. The van der Waals surface area contributed by atoms with Gasteiger partial charge in [0.05, 0.1) is 5.41 Å². The predicted octanol–water partition coefficient (Wildman–Crippen LogP) is 8.79. The summed E-state index contributed by atoms with van der Waals surface area (Å²) in [6, 6.07) is 11.0. The summed E-state index contributed by atoms with van der Waals surface area (Å²) in [5, 5.41) is 10.7. The van der Waals surface area contributed by atoms with Gasteiger partial charge >= 0.3 is 5.97 Å². The molecule has 0 saturated heterocycles. The van der Waals surface area contributed by atoms with Crippen LogP contribution in [-0.4, -0.2) is 17.1 Å². The van der Waals surface area contributed by atoms with Gasteiger partial charge in [-0.15, -0.1) is 0 Å². The van der Waals surface area contributed by atoms with Crippen LogP contribution in [0.15, 0.2) is 30.3 Å². The maximum atomic E-state index is 12.9. The van der Waals surface area contributed by atoms with E-state index in [1.807, 2.05) is 0 Å². The van der Waals surface area contributed by atoms with Gasteiger partial charge in [0.1, 0.15) is 0 Å². The molecule has 5 aliphatic rings. The Hall–Kier alpha value is -1.55.